The highest BCUT2D eigenvalue weighted by atomic mass is 16.5. The van der Waals surface area contributed by atoms with E-state index < -0.39 is 30.6 Å². The standard InChI is InChI=1S/C22H18N2O6/c1-13-9-19(24-30-13)23-20(25)12-28-21(26)15-7-8-17-16(10-15)11-18(29-22(17)27)14-5-3-2-4-6-14/h2-10,18H,11-12H2,1H3,(H,23,24,25)/t18-/m0/s1. The van der Waals surface area contributed by atoms with E-state index in [0.29, 0.717) is 23.3 Å². The SMILES string of the molecule is Cc1cc(NC(=O)COC(=O)c2ccc3c(c2)C[C@@H](c2ccccc2)OC3=O)no1. The Morgan fingerprint density at radius 1 is 1.17 bits per heavy atom. The highest BCUT2D eigenvalue weighted by molar-refractivity contribution is 5.97. The third kappa shape index (κ3) is 4.22. The molecule has 3 aromatic rings. The summed E-state index contributed by atoms with van der Waals surface area (Å²) >= 11 is 0. The number of nitrogens with zero attached hydrogens (tertiary/aromatic N) is 1. The van der Waals surface area contributed by atoms with E-state index in [0.717, 1.165) is 5.56 Å². The molecule has 0 unspecified atom stereocenters. The van der Waals surface area contributed by atoms with Crippen LogP contribution in [0.3, 0.4) is 0 Å². The van der Waals surface area contributed by atoms with Gasteiger partial charge in [0.25, 0.3) is 5.91 Å². The molecule has 1 amide bonds. The molecule has 1 aliphatic heterocycles. The number of carbonyl (C=O) groups is 3. The molecule has 0 aliphatic carbocycles. The molecule has 1 N–H and O–H groups in total. The summed E-state index contributed by atoms with van der Waals surface area (Å²) in [6, 6.07) is 15.6. The minimum atomic E-state index is -0.667. The van der Waals surface area contributed by atoms with Crippen molar-refractivity contribution < 1.29 is 28.4 Å². The van der Waals surface area contributed by atoms with Gasteiger partial charge in [-0.05, 0) is 36.2 Å². The van der Waals surface area contributed by atoms with Gasteiger partial charge in [-0.2, -0.15) is 0 Å². The number of hydrogen-bond donors (Lipinski definition) is 1. The first-order valence-corrected chi connectivity index (χ1v) is 9.29. The van der Waals surface area contributed by atoms with Gasteiger partial charge in [0.1, 0.15) is 11.9 Å². The molecule has 1 aromatic heterocycles. The number of esters is 2. The second-order valence-electron chi connectivity index (χ2n) is 6.83. The summed E-state index contributed by atoms with van der Waals surface area (Å²) in [6.45, 7) is 1.22. The van der Waals surface area contributed by atoms with Crippen molar-refractivity contribution >= 4 is 23.7 Å². The van der Waals surface area contributed by atoms with E-state index in [2.05, 4.69) is 10.5 Å². The van der Waals surface area contributed by atoms with Gasteiger partial charge in [-0.3, -0.25) is 4.79 Å². The number of anilines is 1. The lowest BCUT2D eigenvalue weighted by Crippen LogP contribution is -2.23. The number of amides is 1. The normalized spacial score (nSPS) is 15.1. The Labute approximate surface area is 171 Å². The van der Waals surface area contributed by atoms with Gasteiger partial charge >= 0.3 is 11.9 Å². The smallest absolute Gasteiger partial charge is 0.339 e. The summed E-state index contributed by atoms with van der Waals surface area (Å²) < 4.78 is 15.4. The van der Waals surface area contributed by atoms with E-state index in [9.17, 15) is 14.4 Å². The molecule has 30 heavy (non-hydrogen) atoms. The van der Waals surface area contributed by atoms with Crippen LogP contribution in [0.5, 0.6) is 0 Å². The van der Waals surface area contributed by atoms with Gasteiger partial charge in [-0.25, -0.2) is 9.59 Å². The summed E-state index contributed by atoms with van der Waals surface area (Å²) in [4.78, 5) is 36.6. The summed E-state index contributed by atoms with van der Waals surface area (Å²) in [5.74, 6) is -0.856. The van der Waals surface area contributed by atoms with Crippen LogP contribution in [-0.2, 0) is 20.7 Å². The van der Waals surface area contributed by atoms with Crippen molar-refractivity contribution in [3.05, 3.63) is 82.6 Å². The number of fused-ring (bicyclic) bond motifs is 1. The number of ether oxygens (including phenoxy) is 2. The maximum Gasteiger partial charge on any atom is 0.339 e. The van der Waals surface area contributed by atoms with Crippen LogP contribution in [0.15, 0.2) is 59.1 Å². The summed E-state index contributed by atoms with van der Waals surface area (Å²) in [5, 5.41) is 6.10. The highest BCUT2D eigenvalue weighted by Gasteiger charge is 2.28. The number of aryl methyl sites for hydroxylation is 1. The van der Waals surface area contributed by atoms with Gasteiger partial charge in [0.15, 0.2) is 12.4 Å². The molecule has 152 valence electrons. The van der Waals surface area contributed by atoms with Gasteiger partial charge in [0.2, 0.25) is 0 Å². The number of aromatic nitrogens is 1. The van der Waals surface area contributed by atoms with Crippen molar-refractivity contribution in [1.29, 1.82) is 0 Å². The Kier molecular flexibility index (Phi) is 5.30. The zero-order chi connectivity index (χ0) is 21.1. The van der Waals surface area contributed by atoms with Gasteiger partial charge in [0, 0.05) is 12.5 Å². The Hall–Kier alpha value is -3.94. The van der Waals surface area contributed by atoms with Gasteiger partial charge in [-0.1, -0.05) is 35.5 Å². The molecule has 0 fully saturated rings. The second kappa shape index (κ2) is 8.20. The molecule has 1 atom stereocenters. The number of cyclic esters (lactones) is 1. The van der Waals surface area contributed by atoms with Gasteiger partial charge in [0.05, 0.1) is 11.1 Å². The first-order chi connectivity index (χ1) is 14.5. The van der Waals surface area contributed by atoms with Crippen LogP contribution in [0.2, 0.25) is 0 Å². The fourth-order valence-electron chi connectivity index (χ4n) is 3.20. The maximum absolute atomic E-state index is 12.4. The monoisotopic (exact) mass is 406 g/mol. The summed E-state index contributed by atoms with van der Waals surface area (Å²) in [6.07, 6.45) is 0.0206. The average molecular weight is 406 g/mol. The number of hydrogen-bond acceptors (Lipinski definition) is 7. The molecule has 0 spiro atoms. The lowest BCUT2D eigenvalue weighted by molar-refractivity contribution is -0.119. The summed E-state index contributed by atoms with van der Waals surface area (Å²) in [5.41, 5.74) is 2.24. The lowest BCUT2D eigenvalue weighted by atomic mass is 9.93. The molecule has 2 heterocycles. The average Bonchev–Trinajstić information content (AvgIpc) is 3.16. The first kappa shape index (κ1) is 19.4. The van der Waals surface area contributed by atoms with Crippen molar-refractivity contribution in [2.75, 3.05) is 11.9 Å². The van der Waals surface area contributed by atoms with E-state index in [4.69, 9.17) is 14.0 Å². The Balaban J connectivity index is 1.42. The second-order valence-corrected chi connectivity index (χ2v) is 6.83. The molecule has 2 aromatic carbocycles. The van der Waals surface area contributed by atoms with E-state index in [1.807, 2.05) is 30.3 Å². The predicted octanol–water partition coefficient (Wildman–Crippen LogP) is 3.23. The van der Waals surface area contributed by atoms with E-state index in [-0.39, 0.29) is 11.4 Å². The van der Waals surface area contributed by atoms with Crippen LogP contribution in [0.4, 0.5) is 5.82 Å². The van der Waals surface area contributed by atoms with Crippen LogP contribution < -0.4 is 5.32 Å². The van der Waals surface area contributed by atoms with Crippen LogP contribution in [0.25, 0.3) is 0 Å². The fraction of sp³-hybridized carbons (Fsp3) is 0.182. The Bertz CT molecular complexity index is 1110. The lowest BCUT2D eigenvalue weighted by Gasteiger charge is -2.25. The number of carbonyl (C=O) groups excluding carboxylic acids is 3. The minimum Gasteiger partial charge on any atom is -0.454 e. The third-order valence-electron chi connectivity index (χ3n) is 4.62. The molecule has 0 saturated heterocycles. The van der Waals surface area contributed by atoms with Crippen molar-refractivity contribution in [3.8, 4) is 0 Å². The molecule has 8 heteroatoms. The van der Waals surface area contributed by atoms with Crippen molar-refractivity contribution in [2.45, 2.75) is 19.4 Å². The number of benzene rings is 2. The third-order valence-corrected chi connectivity index (χ3v) is 4.62. The molecule has 8 nitrogen and oxygen atoms in total. The zero-order valence-corrected chi connectivity index (χ0v) is 16.1. The maximum atomic E-state index is 12.4. The van der Waals surface area contributed by atoms with Gasteiger partial charge in [-0.15, -0.1) is 0 Å². The predicted molar refractivity (Wildman–Crippen MR) is 105 cm³/mol. The fourth-order valence-corrected chi connectivity index (χ4v) is 3.20. The molecule has 4 rings (SSSR count). The Morgan fingerprint density at radius 2 is 1.97 bits per heavy atom. The molecule has 0 bridgehead atoms. The highest BCUT2D eigenvalue weighted by Crippen LogP contribution is 2.31. The topological polar surface area (TPSA) is 108 Å². The van der Waals surface area contributed by atoms with Gasteiger partial charge < -0.3 is 19.3 Å². The molecule has 0 radical (unpaired) electrons. The van der Waals surface area contributed by atoms with Crippen LogP contribution in [0, 0.1) is 6.92 Å². The van der Waals surface area contributed by atoms with E-state index in [1.165, 1.54) is 12.1 Å². The van der Waals surface area contributed by atoms with Crippen LogP contribution in [-0.4, -0.2) is 29.6 Å². The Morgan fingerprint density at radius 3 is 2.70 bits per heavy atom. The number of rotatable bonds is 5. The van der Waals surface area contributed by atoms with E-state index >= 15 is 0 Å². The molecule has 1 aliphatic rings. The molecular weight excluding hydrogens is 388 g/mol. The molecule has 0 saturated carbocycles. The van der Waals surface area contributed by atoms with Crippen molar-refractivity contribution in [2.24, 2.45) is 0 Å². The summed E-state index contributed by atoms with van der Waals surface area (Å²) in [7, 11) is 0. The quantitative estimate of drug-likeness (QED) is 0.648. The molecular formula is C22H18N2O6. The zero-order valence-electron chi connectivity index (χ0n) is 16.1. The largest absolute Gasteiger partial charge is 0.454 e. The van der Waals surface area contributed by atoms with Crippen molar-refractivity contribution in [3.63, 3.8) is 0 Å². The minimum absolute atomic E-state index is 0.243. The van der Waals surface area contributed by atoms with Crippen molar-refractivity contribution in [1.82, 2.24) is 5.16 Å². The first-order valence-electron chi connectivity index (χ1n) is 9.29. The van der Waals surface area contributed by atoms with Crippen LogP contribution >= 0.6 is 0 Å². The van der Waals surface area contributed by atoms with E-state index in [1.54, 1.807) is 19.1 Å². The number of nitrogens with one attached hydrogen (secondary N) is 1. The van der Waals surface area contributed by atoms with Crippen LogP contribution in [0.1, 0.15) is 43.7 Å².